The highest BCUT2D eigenvalue weighted by Crippen LogP contribution is 2.17. The first-order valence-electron chi connectivity index (χ1n) is 6.87. The number of hydrogen-bond donors (Lipinski definition) is 1. The molecule has 0 unspecified atom stereocenters. The van der Waals surface area contributed by atoms with Crippen molar-refractivity contribution in [2.24, 2.45) is 0 Å². The highest BCUT2D eigenvalue weighted by molar-refractivity contribution is 5.94. The molecule has 0 saturated heterocycles. The molecule has 0 saturated carbocycles. The van der Waals surface area contributed by atoms with E-state index in [1.165, 1.54) is 31.4 Å². The molecule has 5 nitrogen and oxygen atoms in total. The Morgan fingerprint density at radius 1 is 1.13 bits per heavy atom. The van der Waals surface area contributed by atoms with E-state index < -0.39 is 5.97 Å². The molecule has 0 heterocycles. The molecule has 2 aromatic rings. The Kier molecular flexibility index (Phi) is 5.30. The number of hydrogen-bond acceptors (Lipinski definition) is 4. The van der Waals surface area contributed by atoms with Crippen LogP contribution in [-0.4, -0.2) is 25.6 Å². The van der Waals surface area contributed by atoms with Gasteiger partial charge in [-0.2, -0.15) is 0 Å². The third kappa shape index (κ3) is 4.54. The number of nitrogens with one attached hydrogen (secondary N) is 1. The lowest BCUT2D eigenvalue weighted by molar-refractivity contribution is -0.118. The Balaban J connectivity index is 1.94. The molecule has 0 aromatic heterocycles. The first-order chi connectivity index (χ1) is 11.0. The van der Waals surface area contributed by atoms with Crippen molar-refractivity contribution in [2.75, 3.05) is 19.0 Å². The Labute approximate surface area is 133 Å². The number of halogens is 1. The van der Waals surface area contributed by atoms with Crippen LogP contribution >= 0.6 is 0 Å². The van der Waals surface area contributed by atoms with Crippen LogP contribution < -0.4 is 10.1 Å². The fourth-order valence-electron chi connectivity index (χ4n) is 1.91. The van der Waals surface area contributed by atoms with Crippen LogP contribution in [0.25, 0.3) is 0 Å². The van der Waals surface area contributed by atoms with Gasteiger partial charge in [-0.3, -0.25) is 4.79 Å². The normalized spacial score (nSPS) is 10.0. The standard InChI is InChI=1S/C17H16FNO4/c1-11-9-12(17(21)22-2)3-8-15(11)19-16(20)10-23-14-6-4-13(18)5-7-14/h3-9H,10H2,1-2H3,(H,19,20). The highest BCUT2D eigenvalue weighted by Gasteiger charge is 2.10. The lowest BCUT2D eigenvalue weighted by Crippen LogP contribution is -2.20. The number of ether oxygens (including phenoxy) is 2. The second kappa shape index (κ2) is 7.40. The van der Waals surface area contributed by atoms with Gasteiger partial charge in [0.2, 0.25) is 0 Å². The number of methoxy groups -OCH3 is 1. The highest BCUT2D eigenvalue weighted by atomic mass is 19.1. The minimum absolute atomic E-state index is 0.205. The SMILES string of the molecule is COC(=O)c1ccc(NC(=O)COc2ccc(F)cc2)c(C)c1. The number of carbonyl (C=O) groups is 2. The number of carbonyl (C=O) groups excluding carboxylic acids is 2. The third-order valence-corrected chi connectivity index (χ3v) is 3.11. The molecule has 120 valence electrons. The summed E-state index contributed by atoms with van der Waals surface area (Å²) in [7, 11) is 1.31. The van der Waals surface area contributed by atoms with Crippen molar-refractivity contribution >= 4 is 17.6 Å². The van der Waals surface area contributed by atoms with Crippen molar-refractivity contribution in [2.45, 2.75) is 6.92 Å². The lowest BCUT2D eigenvalue weighted by Gasteiger charge is -2.10. The van der Waals surface area contributed by atoms with Crippen LogP contribution in [0, 0.1) is 12.7 Å². The number of anilines is 1. The maximum atomic E-state index is 12.8. The van der Waals surface area contributed by atoms with Crippen molar-refractivity contribution in [1.29, 1.82) is 0 Å². The van der Waals surface area contributed by atoms with E-state index in [9.17, 15) is 14.0 Å². The first kappa shape index (κ1) is 16.5. The number of rotatable bonds is 5. The zero-order valence-electron chi connectivity index (χ0n) is 12.8. The van der Waals surface area contributed by atoms with Crippen LogP contribution in [-0.2, 0) is 9.53 Å². The van der Waals surface area contributed by atoms with E-state index in [1.54, 1.807) is 25.1 Å². The summed E-state index contributed by atoms with van der Waals surface area (Å²) in [5, 5.41) is 2.69. The number of aryl methyl sites for hydroxylation is 1. The second-order valence-electron chi connectivity index (χ2n) is 4.81. The number of esters is 1. The molecule has 0 bridgehead atoms. The molecule has 0 aliphatic carbocycles. The lowest BCUT2D eigenvalue weighted by atomic mass is 10.1. The Morgan fingerprint density at radius 3 is 2.43 bits per heavy atom. The van der Waals surface area contributed by atoms with Crippen molar-refractivity contribution in [3.63, 3.8) is 0 Å². The fourth-order valence-corrected chi connectivity index (χ4v) is 1.91. The van der Waals surface area contributed by atoms with Gasteiger partial charge in [0.1, 0.15) is 11.6 Å². The zero-order chi connectivity index (χ0) is 16.8. The summed E-state index contributed by atoms with van der Waals surface area (Å²) in [4.78, 5) is 23.3. The van der Waals surface area contributed by atoms with Crippen molar-refractivity contribution in [3.05, 3.63) is 59.4 Å². The van der Waals surface area contributed by atoms with E-state index >= 15 is 0 Å². The van der Waals surface area contributed by atoms with Gasteiger partial charge in [-0.15, -0.1) is 0 Å². The first-order valence-corrected chi connectivity index (χ1v) is 6.87. The topological polar surface area (TPSA) is 64.6 Å². The molecule has 0 aliphatic heterocycles. The van der Waals surface area contributed by atoms with Crippen molar-refractivity contribution in [1.82, 2.24) is 0 Å². The summed E-state index contributed by atoms with van der Waals surface area (Å²) in [5.41, 5.74) is 1.71. The maximum Gasteiger partial charge on any atom is 0.337 e. The largest absolute Gasteiger partial charge is 0.484 e. The maximum absolute atomic E-state index is 12.8. The summed E-state index contributed by atoms with van der Waals surface area (Å²) < 4.78 is 22.7. The molecule has 2 rings (SSSR count). The summed E-state index contributed by atoms with van der Waals surface area (Å²) in [5.74, 6) is -0.767. The summed E-state index contributed by atoms with van der Waals surface area (Å²) in [6, 6.07) is 10.2. The molecule has 0 radical (unpaired) electrons. The Bertz CT molecular complexity index is 713. The molecule has 0 aliphatic rings. The molecule has 6 heteroatoms. The van der Waals surface area contributed by atoms with E-state index in [0.29, 0.717) is 17.0 Å². The van der Waals surface area contributed by atoms with E-state index in [1.807, 2.05) is 0 Å². The molecular weight excluding hydrogens is 301 g/mol. The van der Waals surface area contributed by atoms with Crippen molar-refractivity contribution in [3.8, 4) is 5.75 Å². The van der Waals surface area contributed by atoms with Crippen LogP contribution in [0.1, 0.15) is 15.9 Å². The molecule has 23 heavy (non-hydrogen) atoms. The van der Waals surface area contributed by atoms with Gasteiger partial charge in [0.25, 0.3) is 5.91 Å². The van der Waals surface area contributed by atoms with Gasteiger partial charge < -0.3 is 14.8 Å². The third-order valence-electron chi connectivity index (χ3n) is 3.11. The molecule has 2 aromatic carbocycles. The van der Waals surface area contributed by atoms with E-state index in [-0.39, 0.29) is 18.3 Å². The van der Waals surface area contributed by atoms with Gasteiger partial charge in [-0.25, -0.2) is 9.18 Å². The van der Waals surface area contributed by atoms with E-state index in [4.69, 9.17) is 4.74 Å². The van der Waals surface area contributed by atoms with E-state index in [0.717, 1.165) is 5.56 Å². The van der Waals surface area contributed by atoms with Crippen molar-refractivity contribution < 1.29 is 23.5 Å². The van der Waals surface area contributed by atoms with Gasteiger partial charge in [-0.1, -0.05) is 0 Å². The van der Waals surface area contributed by atoms with Crippen LogP contribution in [0.4, 0.5) is 10.1 Å². The molecule has 0 fully saturated rings. The van der Waals surface area contributed by atoms with Gasteiger partial charge in [0.05, 0.1) is 12.7 Å². The second-order valence-corrected chi connectivity index (χ2v) is 4.81. The molecule has 0 atom stereocenters. The smallest absolute Gasteiger partial charge is 0.337 e. The summed E-state index contributed by atoms with van der Waals surface area (Å²) >= 11 is 0. The van der Waals surface area contributed by atoms with Gasteiger partial charge in [0.15, 0.2) is 6.61 Å². The van der Waals surface area contributed by atoms with Crippen LogP contribution in [0.2, 0.25) is 0 Å². The van der Waals surface area contributed by atoms with Gasteiger partial charge in [-0.05, 0) is 55.0 Å². The van der Waals surface area contributed by atoms with Crippen LogP contribution in [0.5, 0.6) is 5.75 Å². The molecule has 0 spiro atoms. The summed E-state index contributed by atoms with van der Waals surface area (Å²) in [6.07, 6.45) is 0. The number of benzene rings is 2. The quantitative estimate of drug-likeness (QED) is 0.861. The minimum atomic E-state index is -0.439. The van der Waals surface area contributed by atoms with Crippen LogP contribution in [0.15, 0.2) is 42.5 Å². The summed E-state index contributed by atoms with van der Waals surface area (Å²) in [6.45, 7) is 1.56. The van der Waals surface area contributed by atoms with Crippen LogP contribution in [0.3, 0.4) is 0 Å². The minimum Gasteiger partial charge on any atom is -0.484 e. The van der Waals surface area contributed by atoms with E-state index in [2.05, 4.69) is 10.1 Å². The molecule has 1 amide bonds. The predicted octanol–water partition coefficient (Wildman–Crippen LogP) is 2.94. The molecular formula is C17H16FNO4. The monoisotopic (exact) mass is 317 g/mol. The average molecular weight is 317 g/mol. The Morgan fingerprint density at radius 2 is 1.83 bits per heavy atom. The Hall–Kier alpha value is -2.89. The fraction of sp³-hybridized carbons (Fsp3) is 0.176. The zero-order valence-corrected chi connectivity index (χ0v) is 12.8. The van der Waals surface area contributed by atoms with Gasteiger partial charge in [0, 0.05) is 5.69 Å². The average Bonchev–Trinajstić information content (AvgIpc) is 2.55. The molecule has 1 N–H and O–H groups in total. The van der Waals surface area contributed by atoms with Gasteiger partial charge >= 0.3 is 5.97 Å². The number of amides is 1. The predicted molar refractivity (Wildman–Crippen MR) is 83.0 cm³/mol.